The summed E-state index contributed by atoms with van der Waals surface area (Å²) in [6, 6.07) is 5.34. The largest absolute Gasteiger partial charge is 0.394 e. The van der Waals surface area contributed by atoms with E-state index in [0.717, 1.165) is 0 Å². The zero-order chi connectivity index (χ0) is 13.4. The van der Waals surface area contributed by atoms with E-state index >= 15 is 0 Å². The van der Waals surface area contributed by atoms with Gasteiger partial charge in [-0.15, -0.1) is 0 Å². The Kier molecular flexibility index (Phi) is 3.14. The van der Waals surface area contributed by atoms with Crippen molar-refractivity contribution in [2.24, 2.45) is 5.73 Å². The van der Waals surface area contributed by atoms with Crippen LogP contribution in [0.4, 0.5) is 0 Å². The van der Waals surface area contributed by atoms with Crippen molar-refractivity contribution in [3.63, 3.8) is 0 Å². The second kappa shape index (κ2) is 4.34. The molecule has 1 aromatic carbocycles. The monoisotopic (exact) mass is 270 g/mol. The third kappa shape index (κ3) is 2.53. The van der Waals surface area contributed by atoms with Crippen molar-refractivity contribution >= 4 is 15.9 Å². The van der Waals surface area contributed by atoms with Crippen LogP contribution < -0.4 is 10.5 Å². The normalized spacial score (nSPS) is 17.4. The lowest BCUT2D eigenvalue weighted by Gasteiger charge is -2.14. The number of carbonyl (C=O) groups is 1. The molecule has 0 aromatic heterocycles. The highest BCUT2D eigenvalue weighted by atomic mass is 32.2. The van der Waals surface area contributed by atoms with Crippen LogP contribution >= 0.6 is 0 Å². The van der Waals surface area contributed by atoms with E-state index in [-0.39, 0.29) is 17.1 Å². The Morgan fingerprint density at radius 2 is 1.89 bits per heavy atom. The molecule has 98 valence electrons. The minimum atomic E-state index is -3.67. The van der Waals surface area contributed by atoms with E-state index in [4.69, 9.17) is 10.8 Å². The first-order valence-corrected chi connectivity index (χ1v) is 6.92. The predicted molar refractivity (Wildman–Crippen MR) is 64.3 cm³/mol. The van der Waals surface area contributed by atoms with Gasteiger partial charge in [-0.25, -0.2) is 13.1 Å². The molecule has 0 heterocycles. The van der Waals surface area contributed by atoms with Gasteiger partial charge in [-0.2, -0.15) is 0 Å². The molecule has 6 nitrogen and oxygen atoms in total. The predicted octanol–water partition coefficient (Wildman–Crippen LogP) is -0.411. The quantitative estimate of drug-likeness (QED) is 0.675. The lowest BCUT2D eigenvalue weighted by atomic mass is 10.2. The molecule has 0 aliphatic heterocycles. The van der Waals surface area contributed by atoms with Crippen molar-refractivity contribution in [2.75, 3.05) is 6.61 Å². The number of amides is 1. The highest BCUT2D eigenvalue weighted by Gasteiger charge is 2.45. The minimum absolute atomic E-state index is 0.0484. The molecule has 4 N–H and O–H groups in total. The number of primary amides is 1. The zero-order valence-electron chi connectivity index (χ0n) is 9.59. The number of aliphatic hydroxyl groups is 1. The molecule has 1 aliphatic rings. The van der Waals surface area contributed by atoms with Gasteiger partial charge in [-0.3, -0.25) is 4.79 Å². The van der Waals surface area contributed by atoms with Gasteiger partial charge < -0.3 is 10.8 Å². The summed E-state index contributed by atoms with van der Waals surface area (Å²) < 4.78 is 26.4. The Labute approximate surface area is 105 Å². The Balaban J connectivity index is 2.22. The van der Waals surface area contributed by atoms with Crippen LogP contribution in [0.25, 0.3) is 0 Å². The maximum absolute atomic E-state index is 12.0. The smallest absolute Gasteiger partial charge is 0.248 e. The molecule has 1 aromatic rings. The number of nitrogens with two attached hydrogens (primary N) is 1. The second-order valence-corrected chi connectivity index (χ2v) is 6.11. The molecule has 1 aliphatic carbocycles. The number of benzene rings is 1. The molecule has 1 amide bonds. The highest BCUT2D eigenvalue weighted by Crippen LogP contribution is 2.36. The first-order valence-electron chi connectivity index (χ1n) is 5.43. The molecule has 0 unspecified atom stereocenters. The van der Waals surface area contributed by atoms with Crippen molar-refractivity contribution in [2.45, 2.75) is 23.3 Å². The molecule has 0 bridgehead atoms. The van der Waals surface area contributed by atoms with Crippen LogP contribution in [-0.4, -0.2) is 31.6 Å². The molecule has 1 fully saturated rings. The van der Waals surface area contributed by atoms with Crippen LogP contribution in [0.1, 0.15) is 23.2 Å². The van der Waals surface area contributed by atoms with Gasteiger partial charge in [0.1, 0.15) is 0 Å². The van der Waals surface area contributed by atoms with E-state index < -0.39 is 21.5 Å². The number of hydrogen-bond donors (Lipinski definition) is 3. The first-order chi connectivity index (χ1) is 8.38. The van der Waals surface area contributed by atoms with E-state index in [1.165, 1.54) is 24.3 Å². The molecule has 0 spiro atoms. The third-order valence-corrected chi connectivity index (χ3v) is 4.55. The Morgan fingerprint density at radius 3 is 2.28 bits per heavy atom. The van der Waals surface area contributed by atoms with Crippen LogP contribution in [0, 0.1) is 0 Å². The van der Waals surface area contributed by atoms with Crippen molar-refractivity contribution in [3.05, 3.63) is 29.8 Å². The van der Waals surface area contributed by atoms with Crippen LogP contribution in [0.15, 0.2) is 29.2 Å². The average Bonchev–Trinajstić information content (AvgIpc) is 3.09. The number of aliphatic hydroxyl groups excluding tert-OH is 1. The molecule has 2 rings (SSSR count). The van der Waals surface area contributed by atoms with Crippen LogP contribution in [0.2, 0.25) is 0 Å². The summed E-state index contributed by atoms with van der Waals surface area (Å²) in [4.78, 5) is 10.9. The molecule has 0 saturated heterocycles. The average molecular weight is 270 g/mol. The number of nitrogens with one attached hydrogen (secondary N) is 1. The molecule has 7 heteroatoms. The van der Waals surface area contributed by atoms with Crippen molar-refractivity contribution in [3.8, 4) is 0 Å². The van der Waals surface area contributed by atoms with Crippen LogP contribution in [0.5, 0.6) is 0 Å². The van der Waals surface area contributed by atoms with Gasteiger partial charge in [0.25, 0.3) is 0 Å². The summed E-state index contributed by atoms with van der Waals surface area (Å²) in [5, 5.41) is 9.10. The second-order valence-electron chi connectivity index (χ2n) is 4.43. The number of hydrogen-bond acceptors (Lipinski definition) is 4. The van der Waals surface area contributed by atoms with Gasteiger partial charge in [0.05, 0.1) is 17.0 Å². The van der Waals surface area contributed by atoms with Gasteiger partial charge in [0, 0.05) is 5.56 Å². The van der Waals surface area contributed by atoms with Gasteiger partial charge in [-0.05, 0) is 37.1 Å². The van der Waals surface area contributed by atoms with Gasteiger partial charge in [0.15, 0.2) is 0 Å². The van der Waals surface area contributed by atoms with Crippen LogP contribution in [-0.2, 0) is 10.0 Å². The van der Waals surface area contributed by atoms with Gasteiger partial charge >= 0.3 is 0 Å². The lowest BCUT2D eigenvalue weighted by Crippen LogP contribution is -2.39. The summed E-state index contributed by atoms with van der Waals surface area (Å²) in [5.74, 6) is -0.610. The number of carbonyl (C=O) groups excluding carboxylic acids is 1. The molecule has 0 radical (unpaired) electrons. The van der Waals surface area contributed by atoms with Crippen molar-refractivity contribution in [1.82, 2.24) is 4.72 Å². The SMILES string of the molecule is NC(=O)c1ccc(S(=O)(=O)NC2(CO)CC2)cc1. The van der Waals surface area contributed by atoms with E-state index in [9.17, 15) is 13.2 Å². The highest BCUT2D eigenvalue weighted by molar-refractivity contribution is 7.89. The summed E-state index contributed by atoms with van der Waals surface area (Å²) in [5.41, 5.74) is 4.61. The van der Waals surface area contributed by atoms with Gasteiger partial charge in [-0.1, -0.05) is 0 Å². The standard InChI is InChI=1S/C11H14N2O4S/c12-10(15)8-1-3-9(4-2-8)18(16,17)13-11(7-14)5-6-11/h1-4,13-14H,5-7H2,(H2,12,15). The van der Waals surface area contributed by atoms with Crippen LogP contribution in [0.3, 0.4) is 0 Å². The third-order valence-electron chi connectivity index (χ3n) is 2.96. The summed E-state index contributed by atoms with van der Waals surface area (Å²) in [6.07, 6.45) is 1.25. The molecular weight excluding hydrogens is 256 g/mol. The Bertz CT molecular complexity index is 561. The fourth-order valence-corrected chi connectivity index (χ4v) is 3.04. The van der Waals surface area contributed by atoms with E-state index in [1.807, 2.05) is 0 Å². The fourth-order valence-electron chi connectivity index (χ4n) is 1.59. The van der Waals surface area contributed by atoms with Crippen molar-refractivity contribution in [1.29, 1.82) is 0 Å². The van der Waals surface area contributed by atoms with E-state index in [0.29, 0.717) is 12.8 Å². The summed E-state index contributed by atoms with van der Waals surface area (Å²) >= 11 is 0. The maximum Gasteiger partial charge on any atom is 0.248 e. The summed E-state index contributed by atoms with van der Waals surface area (Å²) in [7, 11) is -3.67. The molecule has 0 atom stereocenters. The first kappa shape index (κ1) is 13.0. The maximum atomic E-state index is 12.0. The lowest BCUT2D eigenvalue weighted by molar-refractivity contribution is 0.1000. The number of rotatable bonds is 5. The zero-order valence-corrected chi connectivity index (χ0v) is 10.4. The topological polar surface area (TPSA) is 109 Å². The Hall–Kier alpha value is -1.44. The summed E-state index contributed by atoms with van der Waals surface area (Å²) in [6.45, 7) is -0.217. The van der Waals surface area contributed by atoms with Crippen molar-refractivity contribution < 1.29 is 18.3 Å². The molecule has 1 saturated carbocycles. The molecular formula is C11H14N2O4S. The fraction of sp³-hybridized carbons (Fsp3) is 0.364. The Morgan fingerprint density at radius 1 is 1.33 bits per heavy atom. The molecule has 18 heavy (non-hydrogen) atoms. The number of sulfonamides is 1. The van der Waals surface area contributed by atoms with E-state index in [2.05, 4.69) is 4.72 Å². The van der Waals surface area contributed by atoms with E-state index in [1.54, 1.807) is 0 Å². The van der Waals surface area contributed by atoms with Gasteiger partial charge in [0.2, 0.25) is 15.9 Å². The minimum Gasteiger partial charge on any atom is -0.394 e.